The molecule has 0 aromatic carbocycles. The van der Waals surface area contributed by atoms with E-state index in [9.17, 15) is 0 Å². The third-order valence-corrected chi connectivity index (χ3v) is 3.57. The van der Waals surface area contributed by atoms with Gasteiger partial charge in [-0.15, -0.1) is 0 Å². The fourth-order valence-electron chi connectivity index (χ4n) is 2.87. The lowest BCUT2D eigenvalue weighted by molar-refractivity contribution is 0.213. The average Bonchev–Trinajstić information content (AvgIpc) is 2.69. The van der Waals surface area contributed by atoms with Crippen molar-refractivity contribution in [2.75, 3.05) is 13.2 Å². The van der Waals surface area contributed by atoms with Crippen molar-refractivity contribution in [3.63, 3.8) is 0 Å². The summed E-state index contributed by atoms with van der Waals surface area (Å²) in [5.41, 5.74) is 8.50. The molecule has 3 aliphatic rings. The summed E-state index contributed by atoms with van der Waals surface area (Å²) < 4.78 is 0. The fraction of sp³-hybridized carbons (Fsp3) is 0.429. The third-order valence-electron chi connectivity index (χ3n) is 3.57. The minimum Gasteiger partial charge on any atom is -0.397 e. The second-order valence-electron chi connectivity index (χ2n) is 5.34. The molecule has 4 heteroatoms. The molecule has 0 amide bonds. The lowest BCUT2D eigenvalue weighted by atomic mass is 9.81. The van der Waals surface area contributed by atoms with Gasteiger partial charge in [0.15, 0.2) is 0 Å². The predicted molar refractivity (Wildman–Crippen MR) is 74.6 cm³/mol. The molecule has 0 saturated heterocycles. The van der Waals surface area contributed by atoms with Crippen LogP contribution < -0.4 is 5.73 Å². The summed E-state index contributed by atoms with van der Waals surface area (Å²) in [7, 11) is 0. The van der Waals surface area contributed by atoms with E-state index in [0.29, 0.717) is 12.6 Å². The molecule has 94 valence electrons. The molecule has 1 spiro atoms. The van der Waals surface area contributed by atoms with Crippen molar-refractivity contribution in [1.29, 1.82) is 0 Å². The highest BCUT2D eigenvalue weighted by Crippen LogP contribution is 2.39. The van der Waals surface area contributed by atoms with Gasteiger partial charge < -0.3 is 5.73 Å². The lowest BCUT2D eigenvalue weighted by Crippen LogP contribution is -2.54. The quantitative estimate of drug-likeness (QED) is 0.797. The van der Waals surface area contributed by atoms with Gasteiger partial charge in [0.1, 0.15) is 5.54 Å². The zero-order valence-electron chi connectivity index (χ0n) is 10.8. The summed E-state index contributed by atoms with van der Waals surface area (Å²) in [6, 6.07) is 0. The van der Waals surface area contributed by atoms with E-state index < -0.39 is 0 Å². The van der Waals surface area contributed by atoms with Crippen LogP contribution in [0.5, 0.6) is 0 Å². The monoisotopic (exact) mass is 242 g/mol. The number of hydrogen-bond acceptors (Lipinski definition) is 4. The average molecular weight is 242 g/mol. The topological polar surface area (TPSA) is 54.0 Å². The second-order valence-corrected chi connectivity index (χ2v) is 5.34. The van der Waals surface area contributed by atoms with Gasteiger partial charge in [-0.05, 0) is 24.1 Å². The van der Waals surface area contributed by atoms with Crippen molar-refractivity contribution < 1.29 is 0 Å². The summed E-state index contributed by atoms with van der Waals surface area (Å²) in [6.45, 7) is 6.11. The minimum absolute atomic E-state index is 0.322. The van der Waals surface area contributed by atoms with Crippen molar-refractivity contribution >= 4 is 11.9 Å². The molecule has 18 heavy (non-hydrogen) atoms. The number of dihydropyridines is 1. The Morgan fingerprint density at radius 3 is 3.06 bits per heavy atom. The van der Waals surface area contributed by atoms with Crippen molar-refractivity contribution in [3.8, 4) is 0 Å². The molecule has 0 saturated carbocycles. The number of rotatable bonds is 2. The number of nitrogens with two attached hydrogens (primary N) is 1. The normalized spacial score (nSPS) is 29.8. The van der Waals surface area contributed by atoms with Crippen LogP contribution in [0, 0.1) is 5.92 Å². The molecular formula is C14H18N4. The molecule has 4 nitrogen and oxygen atoms in total. The van der Waals surface area contributed by atoms with Gasteiger partial charge in [-0.3, -0.25) is 14.9 Å². The highest BCUT2D eigenvalue weighted by molar-refractivity contribution is 6.13. The van der Waals surface area contributed by atoms with E-state index >= 15 is 0 Å². The molecule has 2 heterocycles. The zero-order valence-corrected chi connectivity index (χ0v) is 10.8. The molecule has 0 radical (unpaired) electrons. The van der Waals surface area contributed by atoms with Crippen molar-refractivity contribution in [2.24, 2.45) is 21.6 Å². The third kappa shape index (κ3) is 1.42. The van der Waals surface area contributed by atoms with Crippen molar-refractivity contribution in [2.45, 2.75) is 19.4 Å². The predicted octanol–water partition coefficient (Wildman–Crippen LogP) is 1.48. The van der Waals surface area contributed by atoms with Gasteiger partial charge in [0.05, 0.1) is 23.8 Å². The van der Waals surface area contributed by atoms with Crippen LogP contribution in [0.25, 0.3) is 0 Å². The van der Waals surface area contributed by atoms with E-state index in [2.05, 4.69) is 34.8 Å². The first-order valence-corrected chi connectivity index (χ1v) is 6.35. The maximum atomic E-state index is 6.09. The first-order valence-electron chi connectivity index (χ1n) is 6.35. The van der Waals surface area contributed by atoms with Crippen LogP contribution in [0.4, 0.5) is 0 Å². The fourth-order valence-corrected chi connectivity index (χ4v) is 2.87. The van der Waals surface area contributed by atoms with Gasteiger partial charge in [0, 0.05) is 12.8 Å². The molecule has 2 aliphatic heterocycles. The van der Waals surface area contributed by atoms with Crippen LogP contribution in [0.1, 0.15) is 13.8 Å². The molecule has 0 aromatic heterocycles. The van der Waals surface area contributed by atoms with Crippen molar-refractivity contribution in [3.05, 3.63) is 35.7 Å². The Bertz CT molecular complexity index is 522. The van der Waals surface area contributed by atoms with E-state index in [1.807, 2.05) is 24.4 Å². The van der Waals surface area contributed by atoms with Gasteiger partial charge in [-0.2, -0.15) is 0 Å². The summed E-state index contributed by atoms with van der Waals surface area (Å²) >= 11 is 0. The molecule has 3 rings (SSSR count). The molecule has 1 atom stereocenters. The van der Waals surface area contributed by atoms with Crippen LogP contribution in [0.2, 0.25) is 0 Å². The Kier molecular flexibility index (Phi) is 2.48. The Morgan fingerprint density at radius 2 is 2.28 bits per heavy atom. The number of nitrogens with zero attached hydrogens (tertiary/aromatic N) is 3. The Labute approximate surface area is 107 Å². The molecule has 0 fully saturated rings. The molecule has 0 aromatic rings. The summed E-state index contributed by atoms with van der Waals surface area (Å²) in [5, 5.41) is 0. The van der Waals surface area contributed by atoms with E-state index in [1.54, 1.807) is 0 Å². The second kappa shape index (κ2) is 3.92. The van der Waals surface area contributed by atoms with Crippen LogP contribution in [0.3, 0.4) is 0 Å². The molecule has 1 aliphatic carbocycles. The first kappa shape index (κ1) is 11.4. The summed E-state index contributed by atoms with van der Waals surface area (Å²) in [6.07, 6.45) is 9.90. The van der Waals surface area contributed by atoms with Gasteiger partial charge in [0.25, 0.3) is 0 Å². The number of aliphatic imine (C=N–C) groups is 2. The zero-order chi connectivity index (χ0) is 12.8. The molecule has 2 N–H and O–H groups in total. The highest BCUT2D eigenvalue weighted by atomic mass is 15.3. The van der Waals surface area contributed by atoms with Gasteiger partial charge in [-0.25, -0.2) is 0 Å². The van der Waals surface area contributed by atoms with Crippen LogP contribution in [0.15, 0.2) is 45.7 Å². The molecule has 0 bridgehead atoms. The van der Waals surface area contributed by atoms with E-state index in [1.165, 1.54) is 0 Å². The summed E-state index contributed by atoms with van der Waals surface area (Å²) in [5.74, 6) is 0.585. The maximum Gasteiger partial charge on any atom is 0.128 e. The number of allylic oxidation sites excluding steroid dienone is 3. The first-order chi connectivity index (χ1) is 8.64. The Hall–Kier alpha value is -1.68. The SMILES string of the molecule is CC(C)CN1CN=C2C(N)=CC=C3N=CC=CC321. The smallest absolute Gasteiger partial charge is 0.128 e. The lowest BCUT2D eigenvalue weighted by Gasteiger charge is -2.40. The van der Waals surface area contributed by atoms with E-state index in [-0.39, 0.29) is 5.54 Å². The Morgan fingerprint density at radius 1 is 1.44 bits per heavy atom. The maximum absolute atomic E-state index is 6.09. The minimum atomic E-state index is -0.322. The van der Waals surface area contributed by atoms with Gasteiger partial charge in [-0.1, -0.05) is 19.9 Å². The van der Waals surface area contributed by atoms with Gasteiger partial charge in [0.2, 0.25) is 0 Å². The Balaban J connectivity index is 2.08. The summed E-state index contributed by atoms with van der Waals surface area (Å²) in [4.78, 5) is 11.5. The van der Waals surface area contributed by atoms with Crippen LogP contribution in [-0.2, 0) is 0 Å². The molecular weight excluding hydrogens is 224 g/mol. The van der Waals surface area contributed by atoms with Crippen LogP contribution in [-0.4, -0.2) is 35.6 Å². The molecule has 1 unspecified atom stereocenters. The van der Waals surface area contributed by atoms with E-state index in [4.69, 9.17) is 5.73 Å². The highest BCUT2D eigenvalue weighted by Gasteiger charge is 2.49. The number of hydrogen-bond donors (Lipinski definition) is 1. The van der Waals surface area contributed by atoms with Crippen LogP contribution >= 0.6 is 0 Å². The van der Waals surface area contributed by atoms with Crippen molar-refractivity contribution in [1.82, 2.24) is 4.90 Å². The standard InChI is InChI=1S/C14H18N4/c1-10(2)8-18-9-17-13-11(15)4-5-12-14(13,18)6-3-7-16-12/h3-7,10H,8-9,15H2,1-2H3. The van der Waals surface area contributed by atoms with Gasteiger partial charge >= 0.3 is 0 Å². The largest absolute Gasteiger partial charge is 0.397 e. The van der Waals surface area contributed by atoms with E-state index in [0.717, 1.165) is 23.7 Å².